The summed E-state index contributed by atoms with van der Waals surface area (Å²) in [5.74, 6) is 0.0951. The summed E-state index contributed by atoms with van der Waals surface area (Å²) in [7, 11) is -2.10. The third kappa shape index (κ3) is 6.87. The van der Waals surface area contributed by atoms with Crippen LogP contribution in [0.2, 0.25) is 0 Å². The second-order valence-electron chi connectivity index (χ2n) is 14.2. The van der Waals surface area contributed by atoms with Gasteiger partial charge in [0.2, 0.25) is 10.0 Å². The molecule has 1 amide bonds. The summed E-state index contributed by atoms with van der Waals surface area (Å²) in [6, 6.07) is 5.11. The molecule has 1 spiro atoms. The molecule has 3 N–H and O–H groups in total. The number of rotatable bonds is 2. The first-order valence-corrected chi connectivity index (χ1v) is 18.3. The molecule has 1 aromatic carbocycles. The Hall–Kier alpha value is -2.33. The fourth-order valence-electron chi connectivity index (χ4n) is 7.98. The summed E-state index contributed by atoms with van der Waals surface area (Å²) in [6.45, 7) is 13.7. The van der Waals surface area contributed by atoms with Gasteiger partial charge < -0.3 is 20.1 Å². The highest BCUT2D eigenvalue weighted by molar-refractivity contribution is 7.90. The highest BCUT2D eigenvalue weighted by Gasteiger charge is 2.48. The van der Waals surface area contributed by atoms with Crippen molar-refractivity contribution in [3.63, 3.8) is 0 Å². The number of halogens is 1. The summed E-state index contributed by atoms with van der Waals surface area (Å²) in [5, 5.41) is 15.1. The molecule has 45 heavy (non-hydrogen) atoms. The maximum absolute atomic E-state index is 13.5. The van der Waals surface area contributed by atoms with E-state index in [0.29, 0.717) is 43.3 Å². The van der Waals surface area contributed by atoms with Gasteiger partial charge in [-0.25, -0.2) is 13.1 Å². The van der Waals surface area contributed by atoms with Crippen LogP contribution in [0.4, 0.5) is 5.69 Å². The lowest BCUT2D eigenvalue weighted by molar-refractivity contribution is -0.0791. The predicted octanol–water partition coefficient (Wildman–Crippen LogP) is 5.92. The number of fused-ring (bicyclic) bond motifs is 2. The van der Waals surface area contributed by atoms with Gasteiger partial charge in [-0.1, -0.05) is 31.2 Å². The summed E-state index contributed by atoms with van der Waals surface area (Å²) < 4.78 is 35.7. The van der Waals surface area contributed by atoms with Crippen LogP contribution in [-0.4, -0.2) is 63.1 Å². The molecule has 7 atom stereocenters. The molecule has 0 saturated heterocycles. The lowest BCUT2D eigenvalue weighted by Gasteiger charge is -2.50. The van der Waals surface area contributed by atoms with E-state index in [2.05, 4.69) is 21.5 Å². The number of anilines is 1. The fraction of sp³-hybridized carbons (Fsp3) is 0.629. The van der Waals surface area contributed by atoms with Gasteiger partial charge in [-0.05, 0) is 126 Å². The van der Waals surface area contributed by atoms with Gasteiger partial charge in [-0.3, -0.25) is 4.79 Å². The second-order valence-corrected chi connectivity index (χ2v) is 16.7. The molecule has 2 heterocycles. The maximum Gasteiger partial charge on any atom is 0.264 e. The summed E-state index contributed by atoms with van der Waals surface area (Å²) in [4.78, 5) is 15.8. The molecular weight excluding hydrogens is 610 g/mol. The quantitative estimate of drug-likeness (QED) is 0.362. The van der Waals surface area contributed by atoms with Crippen LogP contribution in [0.1, 0.15) is 83.0 Å². The number of carbonyl (C=O) groups excluding carboxylic acids is 1. The van der Waals surface area contributed by atoms with Crippen LogP contribution in [-0.2, 0) is 10.0 Å². The van der Waals surface area contributed by atoms with Gasteiger partial charge in [0.1, 0.15) is 5.75 Å². The topological polar surface area (TPSA) is 108 Å². The number of hydrogen-bond acceptors (Lipinski definition) is 7. The zero-order valence-corrected chi connectivity index (χ0v) is 28.9. The van der Waals surface area contributed by atoms with Crippen molar-refractivity contribution in [1.29, 1.82) is 0 Å². The highest BCUT2D eigenvalue weighted by atomic mass is 35.5. The molecule has 10 heteroatoms. The number of sulfonamides is 1. The normalized spacial score (nSPS) is 36.9. The van der Waals surface area contributed by atoms with E-state index in [4.69, 9.17) is 16.3 Å². The van der Waals surface area contributed by atoms with E-state index in [1.165, 1.54) is 0 Å². The monoisotopic (exact) mass is 659 g/mol. The molecule has 248 valence electrons. The Morgan fingerprint density at radius 1 is 1.29 bits per heavy atom. The summed E-state index contributed by atoms with van der Waals surface area (Å²) in [6.07, 6.45) is 9.66. The largest absolute Gasteiger partial charge is 0.490 e. The molecule has 0 unspecified atom stereocenters. The molecule has 4 aliphatic rings. The highest BCUT2D eigenvalue weighted by Crippen LogP contribution is 2.50. The molecule has 2 aliphatic heterocycles. The number of nitrogens with zero attached hydrogens (tertiary/aromatic N) is 1. The molecule has 2 fully saturated rings. The number of aliphatic hydroxyl groups is 1. The van der Waals surface area contributed by atoms with Gasteiger partial charge in [-0.2, -0.15) is 0 Å². The lowest BCUT2D eigenvalue weighted by atomic mass is 9.63. The third-order valence-corrected chi connectivity index (χ3v) is 13.4. The molecule has 2 saturated carbocycles. The van der Waals surface area contributed by atoms with Crippen molar-refractivity contribution in [2.24, 2.45) is 23.2 Å². The van der Waals surface area contributed by atoms with E-state index in [9.17, 15) is 18.3 Å². The predicted molar refractivity (Wildman–Crippen MR) is 181 cm³/mol. The van der Waals surface area contributed by atoms with Crippen LogP contribution in [0.25, 0.3) is 0 Å². The van der Waals surface area contributed by atoms with E-state index >= 15 is 0 Å². The minimum absolute atomic E-state index is 0.0774. The van der Waals surface area contributed by atoms with Crippen molar-refractivity contribution < 1.29 is 23.1 Å². The van der Waals surface area contributed by atoms with Crippen molar-refractivity contribution in [2.75, 3.05) is 31.6 Å². The molecule has 2 aliphatic carbocycles. The van der Waals surface area contributed by atoms with E-state index in [1.807, 2.05) is 40.0 Å². The van der Waals surface area contributed by atoms with Crippen molar-refractivity contribution in [3.05, 3.63) is 58.7 Å². The Kier molecular flexibility index (Phi) is 9.87. The standard InChI is InChI=1S/C35H50ClN3O5S/c1-7-28(36)16-25-9-8-14-35(23(25)3)20-39-19-27-10-12-30(27)34(5,41)18-29(37-6)15-22(2)24(4)45(42,43)38-33(40)26-11-13-32(44-21-35)31(39)17-26/h7,11,13,16-17,22,24,27,29-30,37,41H,3,8-10,12,14-15,18-21H2,1-2,4-6H3,(H,38,40)/b25-16-,28-7+/t22-,24+,27-,29-,30+,34+,35-/m0/s1. The lowest BCUT2D eigenvalue weighted by Crippen LogP contribution is -2.53. The smallest absolute Gasteiger partial charge is 0.264 e. The van der Waals surface area contributed by atoms with Crippen molar-refractivity contribution in [2.45, 2.75) is 89.5 Å². The molecule has 0 radical (unpaired) electrons. The zero-order chi connectivity index (χ0) is 32.7. The van der Waals surface area contributed by atoms with Gasteiger partial charge in [0.15, 0.2) is 0 Å². The number of ether oxygens (including phenoxy) is 1. The minimum Gasteiger partial charge on any atom is -0.490 e. The Bertz CT molecular complexity index is 1490. The van der Waals surface area contributed by atoms with Gasteiger partial charge in [-0.15, -0.1) is 0 Å². The first kappa shape index (κ1) is 34.0. The number of carbonyl (C=O) groups is 1. The zero-order valence-electron chi connectivity index (χ0n) is 27.4. The van der Waals surface area contributed by atoms with E-state index in [0.717, 1.165) is 48.9 Å². The minimum atomic E-state index is -3.96. The van der Waals surface area contributed by atoms with Crippen LogP contribution in [0.3, 0.4) is 0 Å². The molecule has 8 nitrogen and oxygen atoms in total. The van der Waals surface area contributed by atoms with E-state index in [1.54, 1.807) is 25.1 Å². The van der Waals surface area contributed by atoms with Gasteiger partial charge >= 0.3 is 0 Å². The van der Waals surface area contributed by atoms with Crippen molar-refractivity contribution >= 4 is 33.2 Å². The number of nitrogens with one attached hydrogen (secondary N) is 2. The van der Waals surface area contributed by atoms with Gasteiger partial charge in [0.05, 0.1) is 23.1 Å². The average Bonchev–Trinajstić information content (AvgIpc) is 3.12. The first-order valence-electron chi connectivity index (χ1n) is 16.4. The SMILES string of the molecule is C=C1/C(=C\C(Cl)=C/C)CCC[C@]12COc1ccc3cc1N(C[C@@H]1CC[C@H]1[C@](C)(O)C[C@@H](NC)C[C@H](C)[C@@H](C)S(=O)(=O)NC3=O)C2. The fourth-order valence-corrected chi connectivity index (χ4v) is 9.39. The Labute approximate surface area is 274 Å². The van der Waals surface area contributed by atoms with Crippen LogP contribution in [0.5, 0.6) is 5.75 Å². The average molecular weight is 660 g/mol. The summed E-state index contributed by atoms with van der Waals surface area (Å²) >= 11 is 6.44. The molecule has 5 rings (SSSR count). The van der Waals surface area contributed by atoms with Gasteiger partial charge in [0, 0.05) is 35.1 Å². The molecule has 0 aromatic heterocycles. The number of amides is 1. The van der Waals surface area contributed by atoms with E-state index in [-0.39, 0.29) is 34.8 Å². The molecule has 1 aromatic rings. The Morgan fingerprint density at radius 3 is 2.71 bits per heavy atom. The molecular formula is C35H50ClN3O5S. The maximum atomic E-state index is 13.5. The number of hydrogen-bond donors (Lipinski definition) is 3. The molecule has 2 bridgehead atoms. The van der Waals surface area contributed by atoms with Crippen molar-refractivity contribution in [3.8, 4) is 5.75 Å². The number of benzene rings is 1. The van der Waals surface area contributed by atoms with Gasteiger partial charge in [0.25, 0.3) is 5.91 Å². The van der Waals surface area contributed by atoms with E-state index < -0.39 is 26.8 Å². The van der Waals surface area contributed by atoms with Crippen molar-refractivity contribution in [1.82, 2.24) is 10.0 Å². The summed E-state index contributed by atoms with van der Waals surface area (Å²) in [5.41, 5.74) is 1.88. The second kappa shape index (κ2) is 13.1. The third-order valence-electron chi connectivity index (χ3n) is 11.2. The number of allylic oxidation sites excluding steroid dienone is 4. The first-order chi connectivity index (χ1) is 21.2. The Morgan fingerprint density at radius 2 is 2.04 bits per heavy atom. The van der Waals surface area contributed by atoms with Crippen LogP contribution in [0, 0.1) is 23.2 Å². The van der Waals surface area contributed by atoms with Crippen LogP contribution in [0.15, 0.2) is 53.1 Å². The van der Waals surface area contributed by atoms with Crippen LogP contribution < -0.4 is 19.7 Å². The van der Waals surface area contributed by atoms with Crippen LogP contribution >= 0.6 is 11.6 Å². The Balaban J connectivity index is 1.58.